The van der Waals surface area contributed by atoms with Gasteiger partial charge in [0.1, 0.15) is 11.8 Å². The van der Waals surface area contributed by atoms with Crippen LogP contribution >= 0.6 is 39.1 Å². The summed E-state index contributed by atoms with van der Waals surface area (Å²) in [5, 5.41) is 4.20. The van der Waals surface area contributed by atoms with E-state index in [0.717, 1.165) is 17.5 Å². The highest BCUT2D eigenvalue weighted by Gasteiger charge is 2.31. The summed E-state index contributed by atoms with van der Waals surface area (Å²) in [6.45, 7) is 3.94. The molecule has 3 aromatic rings. The number of hydrogen-bond acceptors (Lipinski definition) is 3. The van der Waals surface area contributed by atoms with Crippen molar-refractivity contribution in [1.82, 2.24) is 10.2 Å². The third-order valence-corrected chi connectivity index (χ3v) is 6.89. The van der Waals surface area contributed by atoms with Gasteiger partial charge in [-0.1, -0.05) is 72.6 Å². The number of benzene rings is 3. The molecule has 36 heavy (non-hydrogen) atoms. The molecule has 0 saturated carbocycles. The van der Waals surface area contributed by atoms with Gasteiger partial charge in [0.25, 0.3) is 5.91 Å². The number of nitrogens with one attached hydrogen (secondary N) is 1. The fraction of sp³-hybridized carbons (Fsp3) is 0.286. The highest BCUT2D eigenvalue weighted by Crippen LogP contribution is 2.28. The van der Waals surface area contributed by atoms with Crippen LogP contribution in [0.4, 0.5) is 0 Å². The summed E-state index contributed by atoms with van der Waals surface area (Å²) in [4.78, 5) is 28.7. The first-order chi connectivity index (χ1) is 17.3. The molecule has 0 spiro atoms. The van der Waals surface area contributed by atoms with Gasteiger partial charge in [-0.25, -0.2) is 0 Å². The summed E-state index contributed by atoms with van der Waals surface area (Å²) in [6.07, 6.45) is 1.15. The predicted molar refractivity (Wildman–Crippen MR) is 148 cm³/mol. The zero-order valence-corrected chi connectivity index (χ0v) is 23.3. The third kappa shape index (κ3) is 8.26. The second-order valence-electron chi connectivity index (χ2n) is 8.53. The highest BCUT2D eigenvalue weighted by molar-refractivity contribution is 9.10. The van der Waals surface area contributed by atoms with Crippen molar-refractivity contribution in [2.45, 2.75) is 45.3 Å². The van der Waals surface area contributed by atoms with E-state index in [0.29, 0.717) is 26.7 Å². The lowest BCUT2D eigenvalue weighted by molar-refractivity contribution is -0.143. The van der Waals surface area contributed by atoms with Crippen LogP contribution in [0.1, 0.15) is 31.4 Å². The van der Waals surface area contributed by atoms with Crippen LogP contribution < -0.4 is 10.1 Å². The van der Waals surface area contributed by atoms with Crippen LogP contribution in [-0.4, -0.2) is 35.4 Å². The average Bonchev–Trinajstić information content (AvgIpc) is 2.87. The number of amides is 2. The molecule has 3 aromatic carbocycles. The SMILES string of the molecule is CC[C@H](C)NC(=O)[C@H](Cc1ccccc1)N(Cc1ccc(Cl)cc1)C(=O)COc1ccc(Cl)cc1Br. The van der Waals surface area contributed by atoms with Gasteiger partial charge in [-0.3, -0.25) is 9.59 Å². The Morgan fingerprint density at radius 1 is 0.972 bits per heavy atom. The van der Waals surface area contributed by atoms with E-state index in [1.165, 1.54) is 0 Å². The molecule has 3 rings (SSSR count). The number of ether oxygens (including phenoxy) is 1. The molecule has 2 amide bonds. The quantitative estimate of drug-likeness (QED) is 0.270. The number of nitrogens with zero attached hydrogens (tertiary/aromatic N) is 1. The summed E-state index contributed by atoms with van der Waals surface area (Å²) in [7, 11) is 0. The number of halogens is 3. The maximum Gasteiger partial charge on any atom is 0.261 e. The van der Waals surface area contributed by atoms with Crippen molar-refractivity contribution in [3.63, 3.8) is 0 Å². The van der Waals surface area contributed by atoms with E-state index in [1.54, 1.807) is 35.2 Å². The smallest absolute Gasteiger partial charge is 0.261 e. The lowest BCUT2D eigenvalue weighted by atomic mass is 10.0. The Morgan fingerprint density at radius 2 is 1.64 bits per heavy atom. The number of hydrogen-bond donors (Lipinski definition) is 1. The summed E-state index contributed by atoms with van der Waals surface area (Å²) < 4.78 is 6.47. The van der Waals surface area contributed by atoms with Crippen molar-refractivity contribution in [3.05, 3.63) is 98.4 Å². The van der Waals surface area contributed by atoms with Crippen LogP contribution in [0.5, 0.6) is 5.75 Å². The van der Waals surface area contributed by atoms with E-state index in [-0.39, 0.29) is 31.0 Å². The molecule has 1 N–H and O–H groups in total. The van der Waals surface area contributed by atoms with Gasteiger partial charge in [0.05, 0.1) is 4.47 Å². The van der Waals surface area contributed by atoms with E-state index >= 15 is 0 Å². The third-order valence-electron chi connectivity index (χ3n) is 5.78. The van der Waals surface area contributed by atoms with Crippen LogP contribution in [-0.2, 0) is 22.6 Å². The lowest BCUT2D eigenvalue weighted by Gasteiger charge is -2.32. The van der Waals surface area contributed by atoms with Gasteiger partial charge in [0.2, 0.25) is 5.91 Å². The van der Waals surface area contributed by atoms with E-state index in [4.69, 9.17) is 27.9 Å². The van der Waals surface area contributed by atoms with Gasteiger partial charge in [-0.05, 0) is 70.7 Å². The van der Waals surface area contributed by atoms with Crippen molar-refractivity contribution in [1.29, 1.82) is 0 Å². The zero-order chi connectivity index (χ0) is 26.1. The topological polar surface area (TPSA) is 58.6 Å². The molecule has 0 aliphatic heterocycles. The van der Waals surface area contributed by atoms with Crippen LogP contribution in [0.25, 0.3) is 0 Å². The van der Waals surface area contributed by atoms with E-state index < -0.39 is 6.04 Å². The van der Waals surface area contributed by atoms with Gasteiger partial charge in [-0.2, -0.15) is 0 Å². The van der Waals surface area contributed by atoms with E-state index in [1.807, 2.05) is 56.3 Å². The summed E-state index contributed by atoms with van der Waals surface area (Å²) in [5.74, 6) is -0.0296. The van der Waals surface area contributed by atoms with Crippen LogP contribution in [0.15, 0.2) is 77.3 Å². The Bertz CT molecular complexity index is 1160. The normalized spacial score (nSPS) is 12.5. The van der Waals surface area contributed by atoms with Crippen molar-refractivity contribution in [3.8, 4) is 5.75 Å². The van der Waals surface area contributed by atoms with Gasteiger partial charge >= 0.3 is 0 Å². The van der Waals surface area contributed by atoms with Gasteiger partial charge in [0, 0.05) is 29.1 Å². The second-order valence-corrected chi connectivity index (χ2v) is 10.3. The molecule has 8 heteroatoms. The molecule has 0 radical (unpaired) electrons. The Kier molecular flexibility index (Phi) is 10.7. The zero-order valence-electron chi connectivity index (χ0n) is 20.2. The van der Waals surface area contributed by atoms with E-state index in [9.17, 15) is 9.59 Å². The van der Waals surface area contributed by atoms with Crippen molar-refractivity contribution in [2.24, 2.45) is 0 Å². The predicted octanol–water partition coefficient (Wildman–Crippen LogP) is 6.69. The maximum absolute atomic E-state index is 13.6. The molecule has 2 atom stereocenters. The minimum absolute atomic E-state index is 0.0236. The minimum atomic E-state index is -0.734. The number of rotatable bonds is 11. The second kappa shape index (κ2) is 13.7. The minimum Gasteiger partial charge on any atom is -0.483 e. The van der Waals surface area contributed by atoms with Gasteiger partial charge in [-0.15, -0.1) is 0 Å². The fourth-order valence-electron chi connectivity index (χ4n) is 3.60. The number of carbonyl (C=O) groups is 2. The summed E-state index contributed by atoms with van der Waals surface area (Å²) in [5.41, 5.74) is 1.81. The molecule has 0 aliphatic rings. The van der Waals surface area contributed by atoms with E-state index in [2.05, 4.69) is 21.2 Å². The molecule has 0 unspecified atom stereocenters. The maximum atomic E-state index is 13.6. The Labute approximate surface area is 230 Å². The first-order valence-corrected chi connectivity index (χ1v) is 13.3. The molecule has 190 valence electrons. The molecule has 5 nitrogen and oxygen atoms in total. The summed E-state index contributed by atoms with van der Waals surface area (Å²) >= 11 is 15.5. The molecular formula is C28H29BrCl2N2O3. The van der Waals surface area contributed by atoms with Crippen LogP contribution in [0.2, 0.25) is 10.0 Å². The summed E-state index contributed by atoms with van der Waals surface area (Å²) in [6, 6.07) is 21.2. The molecule has 0 aliphatic carbocycles. The molecule has 0 fully saturated rings. The van der Waals surface area contributed by atoms with Crippen molar-refractivity contribution < 1.29 is 14.3 Å². The monoisotopic (exact) mass is 590 g/mol. The molecule has 0 saturated heterocycles. The van der Waals surface area contributed by atoms with Crippen molar-refractivity contribution >= 4 is 50.9 Å². The first-order valence-electron chi connectivity index (χ1n) is 11.7. The average molecular weight is 592 g/mol. The van der Waals surface area contributed by atoms with Crippen LogP contribution in [0.3, 0.4) is 0 Å². The Hall–Kier alpha value is -2.54. The molecular weight excluding hydrogens is 563 g/mol. The molecule has 0 bridgehead atoms. The standard InChI is InChI=1S/C28H29BrCl2N2O3/c1-3-19(2)32-28(35)25(15-20-7-5-4-6-8-20)33(17-21-9-11-22(30)12-10-21)27(34)18-36-26-14-13-23(31)16-24(26)29/h4-14,16,19,25H,3,15,17-18H2,1-2H3,(H,32,35)/t19-,25-/m0/s1. The largest absolute Gasteiger partial charge is 0.483 e. The fourth-order valence-corrected chi connectivity index (χ4v) is 4.52. The van der Waals surface area contributed by atoms with Crippen LogP contribution in [0, 0.1) is 0 Å². The lowest BCUT2D eigenvalue weighted by Crippen LogP contribution is -2.53. The molecule has 0 aromatic heterocycles. The Morgan fingerprint density at radius 3 is 2.28 bits per heavy atom. The first kappa shape index (κ1) is 28.0. The van der Waals surface area contributed by atoms with Gasteiger partial charge in [0.15, 0.2) is 6.61 Å². The van der Waals surface area contributed by atoms with Crippen molar-refractivity contribution in [2.75, 3.05) is 6.61 Å². The van der Waals surface area contributed by atoms with Gasteiger partial charge < -0.3 is 15.0 Å². The number of carbonyl (C=O) groups excluding carboxylic acids is 2. The molecule has 0 heterocycles. The Balaban J connectivity index is 1.91. The highest BCUT2D eigenvalue weighted by atomic mass is 79.9.